The number of aryl methyl sites for hydroxylation is 1. The molecule has 0 aliphatic heterocycles. The zero-order valence-corrected chi connectivity index (χ0v) is 12.1. The average molecular weight is 275 g/mol. The van der Waals surface area contributed by atoms with Crippen molar-refractivity contribution in [3.8, 4) is 0 Å². The Morgan fingerprint density at radius 3 is 2.74 bits per heavy atom. The van der Waals surface area contributed by atoms with Gasteiger partial charge in [0, 0.05) is 29.4 Å². The maximum Gasteiger partial charge on any atom is 0.0456 e. The Morgan fingerprint density at radius 1 is 1.26 bits per heavy atom. The first kappa shape index (κ1) is 14.0. The first-order valence-corrected chi connectivity index (χ1v) is 6.98. The summed E-state index contributed by atoms with van der Waals surface area (Å²) in [5, 5.41) is 4.30. The lowest BCUT2D eigenvalue weighted by Gasteiger charge is -2.19. The minimum Gasteiger partial charge on any atom is -0.310 e. The summed E-state index contributed by atoms with van der Waals surface area (Å²) in [6, 6.07) is 12.4. The maximum absolute atomic E-state index is 6.37. The second-order valence-corrected chi connectivity index (χ2v) is 5.07. The minimum absolute atomic E-state index is 0.202. The molecule has 2 aromatic rings. The van der Waals surface area contributed by atoms with Crippen LogP contribution in [0.5, 0.6) is 0 Å². The average Bonchev–Trinajstić information content (AvgIpc) is 2.39. The van der Waals surface area contributed by atoms with E-state index in [0.717, 1.165) is 29.2 Å². The van der Waals surface area contributed by atoms with Gasteiger partial charge in [-0.25, -0.2) is 0 Å². The van der Waals surface area contributed by atoms with Gasteiger partial charge in [0.1, 0.15) is 0 Å². The van der Waals surface area contributed by atoms with Crippen molar-refractivity contribution < 1.29 is 0 Å². The van der Waals surface area contributed by atoms with E-state index < -0.39 is 0 Å². The number of hydrogen-bond acceptors (Lipinski definition) is 2. The highest BCUT2D eigenvalue weighted by Crippen LogP contribution is 2.26. The van der Waals surface area contributed by atoms with Crippen molar-refractivity contribution in [3.63, 3.8) is 0 Å². The summed E-state index contributed by atoms with van der Waals surface area (Å²) < 4.78 is 0. The third kappa shape index (κ3) is 3.79. The van der Waals surface area contributed by atoms with Gasteiger partial charge in [-0.3, -0.25) is 4.98 Å². The first-order valence-electron chi connectivity index (χ1n) is 6.60. The van der Waals surface area contributed by atoms with Gasteiger partial charge in [0.2, 0.25) is 0 Å². The predicted molar refractivity (Wildman–Crippen MR) is 80.5 cm³/mol. The van der Waals surface area contributed by atoms with Crippen molar-refractivity contribution in [1.29, 1.82) is 0 Å². The second-order valence-electron chi connectivity index (χ2n) is 4.66. The number of nitrogens with zero attached hydrogens (tertiary/aromatic N) is 1. The molecule has 0 saturated heterocycles. The molecule has 19 heavy (non-hydrogen) atoms. The summed E-state index contributed by atoms with van der Waals surface area (Å²) in [4.78, 5) is 4.39. The Kier molecular flexibility index (Phi) is 4.94. The van der Waals surface area contributed by atoms with E-state index in [1.807, 2.05) is 30.5 Å². The lowest BCUT2D eigenvalue weighted by atomic mass is 10.00. The summed E-state index contributed by atoms with van der Waals surface area (Å²) >= 11 is 6.37. The smallest absolute Gasteiger partial charge is 0.0456 e. The van der Waals surface area contributed by atoms with Crippen LogP contribution in [0.25, 0.3) is 0 Å². The normalized spacial score (nSPS) is 12.4. The molecule has 0 saturated carbocycles. The van der Waals surface area contributed by atoms with Crippen LogP contribution >= 0.6 is 11.6 Å². The van der Waals surface area contributed by atoms with Gasteiger partial charge in [-0.1, -0.05) is 36.7 Å². The fourth-order valence-electron chi connectivity index (χ4n) is 2.18. The van der Waals surface area contributed by atoms with Crippen LogP contribution in [0.2, 0.25) is 5.02 Å². The molecule has 2 rings (SSSR count). The Morgan fingerprint density at radius 2 is 2.11 bits per heavy atom. The number of likely N-dealkylation sites (N-methyl/N-ethyl adjacent to an activating group) is 1. The van der Waals surface area contributed by atoms with E-state index in [1.165, 1.54) is 5.56 Å². The molecule has 1 aromatic carbocycles. The van der Waals surface area contributed by atoms with Crippen LogP contribution in [0.15, 0.2) is 42.6 Å². The van der Waals surface area contributed by atoms with E-state index in [4.69, 9.17) is 11.6 Å². The predicted octanol–water partition coefficient (Wildman–Crippen LogP) is 3.94. The first-order chi connectivity index (χ1) is 9.20. The summed E-state index contributed by atoms with van der Waals surface area (Å²) in [5.41, 5.74) is 3.40. The van der Waals surface area contributed by atoms with Crippen LogP contribution in [0, 0.1) is 6.92 Å². The van der Waals surface area contributed by atoms with Crippen molar-refractivity contribution in [2.75, 3.05) is 6.54 Å². The number of pyridine rings is 1. The molecule has 1 N–H and O–H groups in total. The SMILES string of the molecule is CCNC(Cc1ccccn1)c1ccc(C)cc1Cl. The fourth-order valence-corrected chi connectivity index (χ4v) is 2.55. The molecule has 3 heteroatoms. The zero-order valence-electron chi connectivity index (χ0n) is 11.4. The molecular weight excluding hydrogens is 256 g/mol. The molecule has 1 unspecified atom stereocenters. The lowest BCUT2D eigenvalue weighted by molar-refractivity contribution is 0.544. The van der Waals surface area contributed by atoms with Crippen LogP contribution in [-0.4, -0.2) is 11.5 Å². The topological polar surface area (TPSA) is 24.9 Å². The number of nitrogens with one attached hydrogen (secondary N) is 1. The van der Waals surface area contributed by atoms with Crippen LogP contribution in [0.4, 0.5) is 0 Å². The Hall–Kier alpha value is -1.38. The largest absolute Gasteiger partial charge is 0.310 e. The van der Waals surface area contributed by atoms with Gasteiger partial charge >= 0.3 is 0 Å². The van der Waals surface area contributed by atoms with Crippen LogP contribution in [-0.2, 0) is 6.42 Å². The lowest BCUT2D eigenvalue weighted by Crippen LogP contribution is -2.23. The Bertz CT molecular complexity index is 526. The molecule has 0 aliphatic rings. The monoisotopic (exact) mass is 274 g/mol. The van der Waals surface area contributed by atoms with Crippen molar-refractivity contribution >= 4 is 11.6 Å². The molecule has 1 heterocycles. The number of benzene rings is 1. The number of rotatable bonds is 5. The highest BCUT2D eigenvalue weighted by molar-refractivity contribution is 6.31. The van der Waals surface area contributed by atoms with Crippen molar-refractivity contribution in [3.05, 3.63) is 64.4 Å². The Labute approximate surface area is 119 Å². The molecule has 0 bridgehead atoms. The molecule has 0 aliphatic carbocycles. The van der Waals surface area contributed by atoms with Crippen molar-refractivity contribution in [2.24, 2.45) is 0 Å². The van der Waals surface area contributed by atoms with E-state index in [1.54, 1.807) is 0 Å². The molecule has 1 aromatic heterocycles. The van der Waals surface area contributed by atoms with Gasteiger partial charge in [-0.15, -0.1) is 0 Å². The van der Waals surface area contributed by atoms with Crippen LogP contribution < -0.4 is 5.32 Å². The van der Waals surface area contributed by atoms with E-state index in [-0.39, 0.29) is 6.04 Å². The molecule has 1 atom stereocenters. The second kappa shape index (κ2) is 6.69. The summed E-state index contributed by atoms with van der Waals surface area (Å²) in [6.07, 6.45) is 2.67. The molecule has 0 radical (unpaired) electrons. The number of aromatic nitrogens is 1. The summed E-state index contributed by atoms with van der Waals surface area (Å²) in [6.45, 7) is 5.06. The quantitative estimate of drug-likeness (QED) is 0.893. The fraction of sp³-hybridized carbons (Fsp3) is 0.312. The van der Waals surface area contributed by atoms with E-state index in [2.05, 4.69) is 36.3 Å². The van der Waals surface area contributed by atoms with E-state index in [9.17, 15) is 0 Å². The molecule has 2 nitrogen and oxygen atoms in total. The van der Waals surface area contributed by atoms with Gasteiger partial charge in [0.15, 0.2) is 0 Å². The standard InChI is InChI=1S/C16H19ClN2/c1-3-18-16(11-13-6-4-5-9-19-13)14-8-7-12(2)10-15(14)17/h4-10,16,18H,3,11H2,1-2H3. The highest BCUT2D eigenvalue weighted by atomic mass is 35.5. The zero-order chi connectivity index (χ0) is 13.7. The molecule has 0 fully saturated rings. The van der Waals surface area contributed by atoms with Gasteiger partial charge < -0.3 is 5.32 Å². The number of halogens is 1. The minimum atomic E-state index is 0.202. The highest BCUT2D eigenvalue weighted by Gasteiger charge is 2.14. The van der Waals surface area contributed by atoms with Crippen molar-refractivity contribution in [1.82, 2.24) is 10.3 Å². The molecular formula is C16H19ClN2. The Balaban J connectivity index is 2.24. The third-order valence-corrected chi connectivity index (χ3v) is 3.45. The van der Waals surface area contributed by atoms with Gasteiger partial charge in [0.05, 0.1) is 0 Å². The summed E-state index contributed by atoms with van der Waals surface area (Å²) in [5.74, 6) is 0. The molecule has 0 spiro atoms. The van der Waals surface area contributed by atoms with Gasteiger partial charge in [-0.05, 0) is 42.8 Å². The maximum atomic E-state index is 6.37. The summed E-state index contributed by atoms with van der Waals surface area (Å²) in [7, 11) is 0. The molecule has 0 amide bonds. The van der Waals surface area contributed by atoms with Gasteiger partial charge in [0.25, 0.3) is 0 Å². The third-order valence-electron chi connectivity index (χ3n) is 3.12. The number of hydrogen-bond donors (Lipinski definition) is 1. The van der Waals surface area contributed by atoms with Crippen LogP contribution in [0.1, 0.15) is 29.8 Å². The van der Waals surface area contributed by atoms with Crippen molar-refractivity contribution in [2.45, 2.75) is 26.3 Å². The van der Waals surface area contributed by atoms with E-state index >= 15 is 0 Å². The van der Waals surface area contributed by atoms with Gasteiger partial charge in [-0.2, -0.15) is 0 Å². The van der Waals surface area contributed by atoms with E-state index in [0.29, 0.717) is 0 Å². The van der Waals surface area contributed by atoms with Crippen LogP contribution in [0.3, 0.4) is 0 Å². The molecule has 100 valence electrons.